The highest BCUT2D eigenvalue weighted by Gasteiger charge is 2.15. The molecule has 4 aromatic rings. The SMILES string of the molecule is O=C(Nc1ccc(-n2cnnn2)cc1)c1cc(-c2ccco2)on1. The van der Waals surface area contributed by atoms with Crippen molar-refractivity contribution in [1.29, 1.82) is 0 Å². The van der Waals surface area contributed by atoms with E-state index in [9.17, 15) is 4.79 Å². The number of nitrogens with zero attached hydrogens (tertiary/aromatic N) is 5. The molecule has 3 aromatic heterocycles. The Labute approximate surface area is 134 Å². The zero-order chi connectivity index (χ0) is 16.4. The van der Waals surface area contributed by atoms with Gasteiger partial charge in [-0.1, -0.05) is 5.16 Å². The molecule has 1 aromatic carbocycles. The Morgan fingerprint density at radius 1 is 1.12 bits per heavy atom. The van der Waals surface area contributed by atoms with Crippen LogP contribution in [0, 0.1) is 0 Å². The summed E-state index contributed by atoms with van der Waals surface area (Å²) in [6.45, 7) is 0. The second-order valence-corrected chi connectivity index (χ2v) is 4.81. The fourth-order valence-electron chi connectivity index (χ4n) is 2.09. The Hall–Kier alpha value is -3.75. The number of rotatable bonds is 4. The molecule has 0 unspecified atom stereocenters. The number of hydrogen-bond acceptors (Lipinski definition) is 7. The van der Waals surface area contributed by atoms with Crippen molar-refractivity contribution in [2.75, 3.05) is 5.32 Å². The average Bonchev–Trinajstić information content (AvgIpc) is 3.35. The van der Waals surface area contributed by atoms with Crippen molar-refractivity contribution in [2.24, 2.45) is 0 Å². The third-order valence-corrected chi connectivity index (χ3v) is 3.25. The highest BCUT2D eigenvalue weighted by molar-refractivity contribution is 6.03. The van der Waals surface area contributed by atoms with Gasteiger partial charge in [0.05, 0.1) is 12.0 Å². The summed E-state index contributed by atoms with van der Waals surface area (Å²) in [4.78, 5) is 12.2. The smallest absolute Gasteiger partial charge is 0.277 e. The molecule has 3 heterocycles. The van der Waals surface area contributed by atoms with Gasteiger partial charge in [-0.2, -0.15) is 0 Å². The predicted molar refractivity (Wildman–Crippen MR) is 81.3 cm³/mol. The van der Waals surface area contributed by atoms with Crippen molar-refractivity contribution in [1.82, 2.24) is 25.4 Å². The zero-order valence-corrected chi connectivity index (χ0v) is 12.2. The topological polar surface area (TPSA) is 112 Å². The molecule has 0 aliphatic heterocycles. The van der Waals surface area contributed by atoms with Crippen LogP contribution in [-0.2, 0) is 0 Å². The van der Waals surface area contributed by atoms with Gasteiger partial charge in [0.1, 0.15) is 6.33 Å². The van der Waals surface area contributed by atoms with Gasteiger partial charge in [-0.25, -0.2) is 4.68 Å². The first-order valence-corrected chi connectivity index (χ1v) is 6.95. The normalized spacial score (nSPS) is 10.7. The monoisotopic (exact) mass is 322 g/mol. The van der Waals surface area contributed by atoms with Crippen LogP contribution in [0.25, 0.3) is 17.2 Å². The first kappa shape index (κ1) is 13.9. The van der Waals surface area contributed by atoms with Gasteiger partial charge < -0.3 is 14.3 Å². The van der Waals surface area contributed by atoms with Crippen LogP contribution in [0.3, 0.4) is 0 Å². The van der Waals surface area contributed by atoms with Gasteiger partial charge in [0.15, 0.2) is 11.5 Å². The molecule has 0 spiro atoms. The van der Waals surface area contributed by atoms with E-state index in [4.69, 9.17) is 8.94 Å². The molecular formula is C15H10N6O3. The first-order chi connectivity index (χ1) is 11.8. The maximum absolute atomic E-state index is 12.2. The molecule has 9 heteroatoms. The summed E-state index contributed by atoms with van der Waals surface area (Å²) in [5.41, 5.74) is 1.55. The summed E-state index contributed by atoms with van der Waals surface area (Å²) in [6, 6.07) is 12.0. The van der Waals surface area contributed by atoms with Gasteiger partial charge in [-0.05, 0) is 46.8 Å². The van der Waals surface area contributed by atoms with Gasteiger partial charge in [0, 0.05) is 11.8 Å². The minimum atomic E-state index is -0.383. The number of benzene rings is 1. The van der Waals surface area contributed by atoms with Crippen LogP contribution in [0.4, 0.5) is 5.69 Å². The average molecular weight is 322 g/mol. The highest BCUT2D eigenvalue weighted by Crippen LogP contribution is 2.21. The van der Waals surface area contributed by atoms with Gasteiger partial charge in [-0.15, -0.1) is 5.10 Å². The first-order valence-electron chi connectivity index (χ1n) is 6.95. The number of amides is 1. The van der Waals surface area contributed by atoms with Gasteiger partial charge >= 0.3 is 0 Å². The lowest BCUT2D eigenvalue weighted by Crippen LogP contribution is -2.12. The number of furan rings is 1. The van der Waals surface area contributed by atoms with Crippen LogP contribution in [0.15, 0.2) is 64.0 Å². The zero-order valence-electron chi connectivity index (χ0n) is 12.2. The molecule has 0 aliphatic carbocycles. The molecule has 0 aliphatic rings. The molecule has 118 valence electrons. The fraction of sp³-hybridized carbons (Fsp3) is 0. The molecule has 0 atom stereocenters. The minimum Gasteiger partial charge on any atom is -0.461 e. The Morgan fingerprint density at radius 3 is 2.71 bits per heavy atom. The summed E-state index contributed by atoms with van der Waals surface area (Å²) in [5.74, 6) is 0.512. The van der Waals surface area contributed by atoms with E-state index in [-0.39, 0.29) is 11.6 Å². The second kappa shape index (κ2) is 5.80. The van der Waals surface area contributed by atoms with Crippen LogP contribution in [0.1, 0.15) is 10.5 Å². The van der Waals surface area contributed by atoms with Crippen LogP contribution in [0.2, 0.25) is 0 Å². The third kappa shape index (κ3) is 2.65. The molecule has 0 bridgehead atoms. The molecule has 24 heavy (non-hydrogen) atoms. The number of carbonyl (C=O) groups is 1. The molecular weight excluding hydrogens is 312 g/mol. The molecule has 0 fully saturated rings. The van der Waals surface area contributed by atoms with Crippen LogP contribution in [-0.4, -0.2) is 31.3 Å². The molecule has 1 amide bonds. The second-order valence-electron chi connectivity index (χ2n) is 4.81. The molecule has 1 N–H and O–H groups in total. The number of carbonyl (C=O) groups excluding carboxylic acids is 1. The van der Waals surface area contributed by atoms with E-state index in [1.54, 1.807) is 36.4 Å². The van der Waals surface area contributed by atoms with Crippen molar-refractivity contribution < 1.29 is 13.7 Å². The van der Waals surface area contributed by atoms with Crippen molar-refractivity contribution >= 4 is 11.6 Å². The lowest BCUT2D eigenvalue weighted by molar-refractivity contribution is 0.101. The van der Waals surface area contributed by atoms with E-state index in [1.165, 1.54) is 23.3 Å². The molecule has 9 nitrogen and oxygen atoms in total. The summed E-state index contributed by atoms with van der Waals surface area (Å²) < 4.78 is 11.8. The van der Waals surface area contributed by atoms with Gasteiger partial charge in [0.25, 0.3) is 5.91 Å². The van der Waals surface area contributed by atoms with Crippen molar-refractivity contribution in [3.05, 3.63) is 60.7 Å². The maximum atomic E-state index is 12.2. The Kier molecular flexibility index (Phi) is 3.35. The van der Waals surface area contributed by atoms with E-state index < -0.39 is 0 Å². The predicted octanol–water partition coefficient (Wildman–Crippen LogP) is 2.16. The highest BCUT2D eigenvalue weighted by atomic mass is 16.5. The number of hydrogen-bond donors (Lipinski definition) is 1. The summed E-state index contributed by atoms with van der Waals surface area (Å²) >= 11 is 0. The quantitative estimate of drug-likeness (QED) is 0.612. The van der Waals surface area contributed by atoms with Gasteiger partial charge in [-0.3, -0.25) is 4.79 Å². The van der Waals surface area contributed by atoms with E-state index >= 15 is 0 Å². The minimum absolute atomic E-state index is 0.158. The summed E-state index contributed by atoms with van der Waals surface area (Å²) in [7, 11) is 0. The number of aromatic nitrogens is 5. The van der Waals surface area contributed by atoms with E-state index in [2.05, 4.69) is 26.0 Å². The van der Waals surface area contributed by atoms with Crippen molar-refractivity contribution in [3.8, 4) is 17.2 Å². The molecule has 0 saturated heterocycles. The van der Waals surface area contributed by atoms with Crippen molar-refractivity contribution in [2.45, 2.75) is 0 Å². The lowest BCUT2D eigenvalue weighted by atomic mass is 10.2. The largest absolute Gasteiger partial charge is 0.461 e. The number of anilines is 1. The maximum Gasteiger partial charge on any atom is 0.277 e. The number of tetrazole rings is 1. The van der Waals surface area contributed by atoms with Crippen LogP contribution < -0.4 is 5.32 Å². The number of nitrogens with one attached hydrogen (secondary N) is 1. The summed E-state index contributed by atoms with van der Waals surface area (Å²) in [5, 5.41) is 17.4. The molecule has 4 rings (SSSR count). The van der Waals surface area contributed by atoms with Gasteiger partial charge in [0.2, 0.25) is 5.76 Å². The lowest BCUT2D eigenvalue weighted by Gasteiger charge is -2.04. The molecule has 0 saturated carbocycles. The molecule has 0 radical (unpaired) electrons. The Balaban J connectivity index is 1.48. The fourth-order valence-corrected chi connectivity index (χ4v) is 2.09. The third-order valence-electron chi connectivity index (χ3n) is 3.25. The Morgan fingerprint density at radius 2 is 2.00 bits per heavy atom. The van der Waals surface area contributed by atoms with E-state index in [0.717, 1.165) is 5.69 Å². The van der Waals surface area contributed by atoms with Crippen molar-refractivity contribution in [3.63, 3.8) is 0 Å². The van der Waals surface area contributed by atoms with Crippen LogP contribution in [0.5, 0.6) is 0 Å². The standard InChI is InChI=1S/C15H10N6O3/c22-15(12-8-14(24-18-12)13-2-1-7-23-13)17-10-3-5-11(6-4-10)21-9-16-19-20-21/h1-9H,(H,17,22). The van der Waals surface area contributed by atoms with E-state index in [0.29, 0.717) is 17.2 Å². The van der Waals surface area contributed by atoms with E-state index in [1.807, 2.05) is 0 Å². The van der Waals surface area contributed by atoms with Crippen LogP contribution >= 0.6 is 0 Å². The Bertz CT molecular complexity index is 942. The summed E-state index contributed by atoms with van der Waals surface area (Å²) in [6.07, 6.45) is 3.00.